The SMILES string of the molecule is Cc1cc(I)ccc1NC(=O)[C@H]1CN(S(C)(=O)=O)c2ccccc2O1. The summed E-state index contributed by atoms with van der Waals surface area (Å²) in [6.07, 6.45) is 0.191. The number of sulfonamides is 1. The van der Waals surface area contributed by atoms with Crippen molar-refractivity contribution in [3.63, 3.8) is 0 Å². The second-order valence-corrected chi connectivity index (χ2v) is 8.97. The number of aryl methyl sites for hydroxylation is 1. The molecule has 1 amide bonds. The Morgan fingerprint density at radius 2 is 2.00 bits per heavy atom. The van der Waals surface area contributed by atoms with Crippen LogP contribution >= 0.6 is 22.6 Å². The van der Waals surface area contributed by atoms with Crippen molar-refractivity contribution >= 4 is 49.9 Å². The summed E-state index contributed by atoms with van der Waals surface area (Å²) in [7, 11) is -3.52. The van der Waals surface area contributed by atoms with Gasteiger partial charge in [-0.15, -0.1) is 0 Å². The van der Waals surface area contributed by atoms with Crippen LogP contribution in [0.5, 0.6) is 5.75 Å². The molecule has 1 N–H and O–H groups in total. The molecule has 0 spiro atoms. The zero-order valence-electron chi connectivity index (χ0n) is 13.7. The second-order valence-electron chi connectivity index (χ2n) is 5.82. The summed E-state index contributed by atoms with van der Waals surface area (Å²) in [5, 5.41) is 2.82. The number of halogens is 1. The summed E-state index contributed by atoms with van der Waals surface area (Å²) in [4.78, 5) is 12.6. The highest BCUT2D eigenvalue weighted by atomic mass is 127. The van der Waals surface area contributed by atoms with Crippen LogP contribution in [0.15, 0.2) is 42.5 Å². The fourth-order valence-electron chi connectivity index (χ4n) is 2.63. The predicted molar refractivity (Wildman–Crippen MR) is 106 cm³/mol. The van der Waals surface area contributed by atoms with Crippen molar-refractivity contribution in [3.8, 4) is 5.75 Å². The lowest BCUT2D eigenvalue weighted by Crippen LogP contribution is -2.48. The lowest BCUT2D eigenvalue weighted by Gasteiger charge is -2.33. The highest BCUT2D eigenvalue weighted by Gasteiger charge is 2.34. The molecule has 6 nitrogen and oxygen atoms in total. The molecule has 0 unspecified atom stereocenters. The number of carbonyl (C=O) groups excluding carboxylic acids is 1. The van der Waals surface area contributed by atoms with Crippen LogP contribution in [-0.2, 0) is 14.8 Å². The van der Waals surface area contributed by atoms with Gasteiger partial charge >= 0.3 is 0 Å². The highest BCUT2D eigenvalue weighted by Crippen LogP contribution is 2.34. The summed E-state index contributed by atoms with van der Waals surface area (Å²) < 4.78 is 32.2. The number of ether oxygens (including phenoxy) is 1. The van der Waals surface area contributed by atoms with Gasteiger partial charge in [0, 0.05) is 9.26 Å². The zero-order chi connectivity index (χ0) is 18.2. The Balaban J connectivity index is 1.87. The Hall–Kier alpha value is -1.81. The lowest BCUT2D eigenvalue weighted by atomic mass is 10.2. The van der Waals surface area contributed by atoms with Crippen LogP contribution in [0, 0.1) is 10.5 Å². The van der Waals surface area contributed by atoms with Gasteiger partial charge in [-0.2, -0.15) is 0 Å². The number of amides is 1. The molecule has 0 aromatic heterocycles. The Morgan fingerprint density at radius 1 is 1.28 bits per heavy atom. The number of hydrogen-bond donors (Lipinski definition) is 1. The molecule has 132 valence electrons. The predicted octanol–water partition coefficient (Wildman–Crippen LogP) is 2.77. The minimum absolute atomic E-state index is 0.0644. The number of para-hydroxylation sites is 2. The average Bonchev–Trinajstić information content (AvgIpc) is 2.55. The lowest BCUT2D eigenvalue weighted by molar-refractivity contribution is -0.122. The van der Waals surface area contributed by atoms with E-state index in [0.717, 1.165) is 15.4 Å². The molecule has 0 aliphatic carbocycles. The molecule has 0 saturated carbocycles. The van der Waals surface area contributed by atoms with E-state index in [-0.39, 0.29) is 12.5 Å². The van der Waals surface area contributed by atoms with Crippen LogP contribution in [-0.4, -0.2) is 33.2 Å². The molecule has 1 aliphatic rings. The van der Waals surface area contributed by atoms with E-state index < -0.39 is 16.1 Å². The van der Waals surface area contributed by atoms with Gasteiger partial charge in [-0.3, -0.25) is 9.10 Å². The van der Waals surface area contributed by atoms with E-state index in [1.807, 2.05) is 25.1 Å². The first-order valence-corrected chi connectivity index (χ1v) is 10.5. The third-order valence-corrected chi connectivity index (χ3v) is 5.69. The normalized spacial score (nSPS) is 16.8. The molecule has 1 aliphatic heterocycles. The van der Waals surface area contributed by atoms with Gasteiger partial charge in [-0.1, -0.05) is 12.1 Å². The van der Waals surface area contributed by atoms with Crippen molar-refractivity contribution in [2.24, 2.45) is 0 Å². The summed E-state index contributed by atoms with van der Waals surface area (Å²) in [5.74, 6) is -0.00822. The van der Waals surface area contributed by atoms with E-state index in [4.69, 9.17) is 4.74 Å². The van der Waals surface area contributed by atoms with Gasteiger partial charge in [0.1, 0.15) is 5.75 Å². The number of fused-ring (bicyclic) bond motifs is 1. The highest BCUT2D eigenvalue weighted by molar-refractivity contribution is 14.1. The standard InChI is InChI=1S/C17H17IN2O4S/c1-11-9-12(18)7-8-13(11)19-17(21)16-10-20(25(2,22)23)14-5-3-4-6-15(14)24-16/h3-9,16H,10H2,1-2H3,(H,19,21)/t16-/m1/s1. The van der Waals surface area contributed by atoms with Gasteiger partial charge in [0.05, 0.1) is 18.5 Å². The van der Waals surface area contributed by atoms with Crippen molar-refractivity contribution in [2.75, 3.05) is 22.4 Å². The summed E-state index contributed by atoms with van der Waals surface area (Å²) in [6, 6.07) is 12.5. The minimum Gasteiger partial charge on any atom is -0.476 e. The van der Waals surface area contributed by atoms with Crippen molar-refractivity contribution in [1.82, 2.24) is 0 Å². The first-order chi connectivity index (χ1) is 11.8. The number of carbonyl (C=O) groups is 1. The van der Waals surface area contributed by atoms with Crippen LogP contribution in [0.25, 0.3) is 0 Å². The molecular weight excluding hydrogens is 455 g/mol. The number of anilines is 2. The molecule has 0 saturated heterocycles. The summed E-state index contributed by atoms with van der Waals surface area (Å²) in [6.45, 7) is 1.84. The van der Waals surface area contributed by atoms with Crippen LogP contribution in [0.3, 0.4) is 0 Å². The molecule has 2 aromatic carbocycles. The van der Waals surface area contributed by atoms with Gasteiger partial charge < -0.3 is 10.1 Å². The Bertz CT molecular complexity index is 930. The largest absolute Gasteiger partial charge is 0.476 e. The molecule has 3 rings (SSSR count). The molecule has 2 aromatic rings. The third-order valence-electron chi connectivity index (χ3n) is 3.87. The number of benzene rings is 2. The van der Waals surface area contributed by atoms with E-state index >= 15 is 0 Å². The summed E-state index contributed by atoms with van der Waals surface area (Å²) >= 11 is 2.20. The van der Waals surface area contributed by atoms with Gasteiger partial charge in [-0.25, -0.2) is 8.42 Å². The monoisotopic (exact) mass is 472 g/mol. The maximum atomic E-state index is 12.6. The molecule has 1 atom stereocenters. The summed E-state index contributed by atoms with van der Waals surface area (Å²) in [5.41, 5.74) is 2.05. The Labute approximate surface area is 160 Å². The van der Waals surface area contributed by atoms with Crippen molar-refractivity contribution < 1.29 is 17.9 Å². The maximum Gasteiger partial charge on any atom is 0.267 e. The van der Waals surface area contributed by atoms with Crippen molar-refractivity contribution in [1.29, 1.82) is 0 Å². The Kier molecular flexibility index (Phi) is 4.92. The molecule has 1 heterocycles. The first kappa shape index (κ1) is 18.0. The average molecular weight is 472 g/mol. The number of nitrogens with zero attached hydrogens (tertiary/aromatic N) is 1. The third kappa shape index (κ3) is 3.90. The van der Waals surface area contributed by atoms with E-state index in [2.05, 4.69) is 27.9 Å². The van der Waals surface area contributed by atoms with Crippen molar-refractivity contribution in [3.05, 3.63) is 51.6 Å². The van der Waals surface area contributed by atoms with E-state index in [0.29, 0.717) is 17.1 Å². The topological polar surface area (TPSA) is 75.7 Å². The van der Waals surface area contributed by atoms with Crippen molar-refractivity contribution in [2.45, 2.75) is 13.0 Å². The number of rotatable bonds is 3. The maximum absolute atomic E-state index is 12.6. The Morgan fingerprint density at radius 3 is 2.68 bits per heavy atom. The molecule has 0 radical (unpaired) electrons. The van der Waals surface area contributed by atoms with E-state index in [1.165, 1.54) is 4.31 Å². The number of nitrogens with one attached hydrogen (secondary N) is 1. The van der Waals surface area contributed by atoms with E-state index in [9.17, 15) is 13.2 Å². The minimum atomic E-state index is -3.52. The number of hydrogen-bond acceptors (Lipinski definition) is 4. The van der Waals surface area contributed by atoms with Gasteiger partial charge in [0.2, 0.25) is 10.0 Å². The molecule has 25 heavy (non-hydrogen) atoms. The molecule has 0 bridgehead atoms. The van der Waals surface area contributed by atoms with Crippen LogP contribution in [0.1, 0.15) is 5.56 Å². The van der Waals surface area contributed by atoms with Crippen LogP contribution in [0.2, 0.25) is 0 Å². The first-order valence-electron chi connectivity index (χ1n) is 7.56. The quantitative estimate of drug-likeness (QED) is 0.698. The molecule has 0 fully saturated rings. The fourth-order valence-corrected chi connectivity index (χ4v) is 4.19. The van der Waals surface area contributed by atoms with Crippen LogP contribution in [0.4, 0.5) is 11.4 Å². The van der Waals surface area contributed by atoms with Crippen LogP contribution < -0.4 is 14.4 Å². The smallest absolute Gasteiger partial charge is 0.267 e. The second kappa shape index (κ2) is 6.83. The van der Waals surface area contributed by atoms with E-state index in [1.54, 1.807) is 24.3 Å². The fraction of sp³-hybridized carbons (Fsp3) is 0.235. The molecule has 8 heteroatoms. The molecular formula is C17H17IN2O4S. The van der Waals surface area contributed by atoms with Gasteiger partial charge in [0.15, 0.2) is 6.10 Å². The zero-order valence-corrected chi connectivity index (χ0v) is 16.7. The van der Waals surface area contributed by atoms with Gasteiger partial charge in [-0.05, 0) is 65.4 Å². The van der Waals surface area contributed by atoms with Gasteiger partial charge in [0.25, 0.3) is 5.91 Å².